The zero-order chi connectivity index (χ0) is 15.8. The van der Waals surface area contributed by atoms with Crippen LogP contribution in [0.5, 0.6) is 0 Å². The van der Waals surface area contributed by atoms with Gasteiger partial charge in [0.15, 0.2) is 0 Å². The van der Waals surface area contributed by atoms with Gasteiger partial charge < -0.3 is 15.3 Å². The summed E-state index contributed by atoms with van der Waals surface area (Å²) < 4.78 is 0. The molecule has 21 heavy (non-hydrogen) atoms. The zero-order valence-electron chi connectivity index (χ0n) is 13.6. The number of hydrogen-bond acceptors (Lipinski definition) is 2. The van der Waals surface area contributed by atoms with E-state index >= 15 is 0 Å². The summed E-state index contributed by atoms with van der Waals surface area (Å²) in [6, 6.07) is -0.110. The predicted molar refractivity (Wildman–Crippen MR) is 83.3 cm³/mol. The van der Waals surface area contributed by atoms with E-state index in [4.69, 9.17) is 5.11 Å². The molecule has 1 aliphatic rings. The van der Waals surface area contributed by atoms with Crippen molar-refractivity contribution in [1.82, 2.24) is 10.2 Å². The van der Waals surface area contributed by atoms with Crippen molar-refractivity contribution in [2.24, 2.45) is 5.92 Å². The summed E-state index contributed by atoms with van der Waals surface area (Å²) in [6.07, 6.45) is 6.07. The van der Waals surface area contributed by atoms with E-state index in [0.29, 0.717) is 12.5 Å². The molecule has 2 N–H and O–H groups in total. The van der Waals surface area contributed by atoms with Crippen LogP contribution in [0.4, 0.5) is 4.79 Å². The molecule has 1 aliphatic heterocycles. The number of nitrogens with one attached hydrogen (secondary N) is 1. The topological polar surface area (TPSA) is 69.6 Å². The molecule has 5 nitrogen and oxygen atoms in total. The van der Waals surface area contributed by atoms with Crippen molar-refractivity contribution in [1.29, 1.82) is 0 Å². The molecular weight excluding hydrogens is 268 g/mol. The molecule has 0 spiro atoms. The minimum absolute atomic E-state index is 0.0507. The van der Waals surface area contributed by atoms with E-state index in [1.54, 1.807) is 4.90 Å². The standard InChI is InChI=1S/C16H30N2O3/c1-12(2)7-6-8-13(3)17-16(21)18-10-5-4-9-14(18)11-15(19)20/h12-14H,4-11H2,1-3H3,(H,17,21)(H,19,20). The number of carbonyl (C=O) groups is 2. The Hall–Kier alpha value is -1.26. The number of likely N-dealkylation sites (tertiary alicyclic amines) is 1. The van der Waals surface area contributed by atoms with Crippen molar-refractivity contribution in [2.45, 2.75) is 77.8 Å². The SMILES string of the molecule is CC(C)CCCC(C)NC(=O)N1CCCCC1CC(=O)O. The van der Waals surface area contributed by atoms with Gasteiger partial charge in [-0.15, -0.1) is 0 Å². The minimum atomic E-state index is -0.829. The fourth-order valence-corrected chi connectivity index (χ4v) is 2.88. The highest BCUT2D eigenvalue weighted by Gasteiger charge is 2.28. The molecule has 2 amide bonds. The fourth-order valence-electron chi connectivity index (χ4n) is 2.88. The number of rotatable bonds is 7. The van der Waals surface area contributed by atoms with Crippen LogP contribution in [0.3, 0.4) is 0 Å². The van der Waals surface area contributed by atoms with E-state index in [1.807, 2.05) is 6.92 Å². The smallest absolute Gasteiger partial charge is 0.317 e. The monoisotopic (exact) mass is 298 g/mol. The van der Waals surface area contributed by atoms with Crippen LogP contribution in [0.15, 0.2) is 0 Å². The van der Waals surface area contributed by atoms with Crippen molar-refractivity contribution in [3.05, 3.63) is 0 Å². The lowest BCUT2D eigenvalue weighted by Crippen LogP contribution is -2.51. The zero-order valence-corrected chi connectivity index (χ0v) is 13.6. The van der Waals surface area contributed by atoms with E-state index in [9.17, 15) is 9.59 Å². The summed E-state index contributed by atoms with van der Waals surface area (Å²) in [7, 11) is 0. The lowest BCUT2D eigenvalue weighted by atomic mass is 9.99. The predicted octanol–water partition coefficient (Wildman–Crippen LogP) is 3.24. The van der Waals surface area contributed by atoms with Crippen molar-refractivity contribution >= 4 is 12.0 Å². The second-order valence-corrected chi connectivity index (χ2v) is 6.62. The lowest BCUT2D eigenvalue weighted by Gasteiger charge is -2.35. The van der Waals surface area contributed by atoms with Gasteiger partial charge in [0.1, 0.15) is 0 Å². The van der Waals surface area contributed by atoms with Crippen LogP contribution in [0, 0.1) is 5.92 Å². The first-order chi connectivity index (χ1) is 9.90. The summed E-state index contributed by atoms with van der Waals surface area (Å²) in [5.74, 6) is -0.139. The second-order valence-electron chi connectivity index (χ2n) is 6.62. The van der Waals surface area contributed by atoms with Gasteiger partial charge in [0.25, 0.3) is 0 Å². The van der Waals surface area contributed by atoms with Crippen molar-refractivity contribution in [2.75, 3.05) is 6.54 Å². The van der Waals surface area contributed by atoms with Crippen LogP contribution in [0.25, 0.3) is 0 Å². The lowest BCUT2D eigenvalue weighted by molar-refractivity contribution is -0.138. The molecule has 1 rings (SSSR count). The van der Waals surface area contributed by atoms with Crippen LogP contribution in [-0.4, -0.2) is 40.6 Å². The van der Waals surface area contributed by atoms with Gasteiger partial charge in [0.05, 0.1) is 6.42 Å². The first kappa shape index (κ1) is 17.8. The number of nitrogens with zero attached hydrogens (tertiary/aromatic N) is 1. The van der Waals surface area contributed by atoms with Crippen LogP contribution >= 0.6 is 0 Å². The molecule has 2 atom stereocenters. The van der Waals surface area contributed by atoms with Gasteiger partial charge in [0, 0.05) is 18.6 Å². The van der Waals surface area contributed by atoms with Gasteiger partial charge in [-0.05, 0) is 38.5 Å². The van der Waals surface area contributed by atoms with Crippen LogP contribution in [0.1, 0.15) is 65.7 Å². The first-order valence-electron chi connectivity index (χ1n) is 8.19. The summed E-state index contributed by atoms with van der Waals surface area (Å²) in [4.78, 5) is 24.9. The van der Waals surface area contributed by atoms with Crippen LogP contribution in [-0.2, 0) is 4.79 Å². The van der Waals surface area contributed by atoms with Crippen molar-refractivity contribution in [3.63, 3.8) is 0 Å². The molecule has 0 aromatic rings. The van der Waals surface area contributed by atoms with Crippen molar-refractivity contribution < 1.29 is 14.7 Å². The third-order valence-electron chi connectivity index (χ3n) is 4.09. The molecule has 0 saturated carbocycles. The quantitative estimate of drug-likeness (QED) is 0.758. The van der Waals surface area contributed by atoms with Gasteiger partial charge in [-0.2, -0.15) is 0 Å². The van der Waals surface area contributed by atoms with E-state index < -0.39 is 5.97 Å². The third kappa shape index (κ3) is 6.82. The number of hydrogen-bond donors (Lipinski definition) is 2. The molecule has 0 aromatic heterocycles. The molecule has 1 fully saturated rings. The number of aliphatic carboxylic acids is 1. The van der Waals surface area contributed by atoms with Gasteiger partial charge in [-0.3, -0.25) is 4.79 Å². The molecule has 0 bridgehead atoms. The maximum Gasteiger partial charge on any atom is 0.317 e. The number of carboxylic acids is 1. The summed E-state index contributed by atoms with van der Waals surface area (Å²) >= 11 is 0. The minimum Gasteiger partial charge on any atom is -0.481 e. The number of carbonyl (C=O) groups excluding carboxylic acids is 1. The molecule has 5 heteroatoms. The Labute approximate surface area is 128 Å². The Kier molecular flexibility index (Phi) is 7.54. The molecule has 0 radical (unpaired) electrons. The largest absolute Gasteiger partial charge is 0.481 e. The molecule has 1 saturated heterocycles. The first-order valence-corrected chi connectivity index (χ1v) is 8.19. The highest BCUT2D eigenvalue weighted by Crippen LogP contribution is 2.20. The summed E-state index contributed by atoms with van der Waals surface area (Å²) in [5, 5.41) is 12.0. The van der Waals surface area contributed by atoms with Gasteiger partial charge >= 0.3 is 12.0 Å². The van der Waals surface area contributed by atoms with Crippen LogP contribution in [0.2, 0.25) is 0 Å². The molecule has 0 aromatic carbocycles. The number of piperidine rings is 1. The maximum absolute atomic E-state index is 12.3. The highest BCUT2D eigenvalue weighted by atomic mass is 16.4. The Morgan fingerprint density at radius 2 is 1.95 bits per heavy atom. The fraction of sp³-hybridized carbons (Fsp3) is 0.875. The average molecular weight is 298 g/mol. The Balaban J connectivity index is 2.42. The molecule has 2 unspecified atom stereocenters. The highest BCUT2D eigenvalue weighted by molar-refractivity contribution is 5.76. The van der Waals surface area contributed by atoms with Crippen LogP contribution < -0.4 is 5.32 Å². The molecule has 122 valence electrons. The summed E-state index contributed by atoms with van der Waals surface area (Å²) in [5.41, 5.74) is 0. The Morgan fingerprint density at radius 1 is 1.24 bits per heavy atom. The van der Waals surface area contributed by atoms with Gasteiger partial charge in [0.2, 0.25) is 0 Å². The van der Waals surface area contributed by atoms with Gasteiger partial charge in [-0.1, -0.05) is 26.7 Å². The normalized spacial score (nSPS) is 20.4. The second kappa shape index (κ2) is 8.90. The summed E-state index contributed by atoms with van der Waals surface area (Å²) in [6.45, 7) is 7.10. The molecule has 0 aliphatic carbocycles. The Bertz CT molecular complexity index is 344. The number of urea groups is 1. The van der Waals surface area contributed by atoms with E-state index in [-0.39, 0.29) is 24.5 Å². The molecule has 1 heterocycles. The van der Waals surface area contributed by atoms with E-state index in [1.165, 1.54) is 6.42 Å². The maximum atomic E-state index is 12.3. The van der Waals surface area contributed by atoms with E-state index in [2.05, 4.69) is 19.2 Å². The van der Waals surface area contributed by atoms with Gasteiger partial charge in [-0.25, -0.2) is 4.79 Å². The number of carboxylic acid groups (broad SMARTS) is 1. The Morgan fingerprint density at radius 3 is 2.57 bits per heavy atom. The van der Waals surface area contributed by atoms with E-state index in [0.717, 1.165) is 32.1 Å². The average Bonchev–Trinajstić information content (AvgIpc) is 2.37. The number of amides is 2. The van der Waals surface area contributed by atoms with Crippen molar-refractivity contribution in [3.8, 4) is 0 Å². The third-order valence-corrected chi connectivity index (χ3v) is 4.09. The molecular formula is C16H30N2O3.